The fraction of sp³-hybridized carbons (Fsp3) is 0.571. The molecule has 5 atom stereocenters. The Labute approximate surface area is 144 Å². The lowest BCUT2D eigenvalue weighted by molar-refractivity contribution is -0.113. The number of nitrogens with one attached hydrogen (secondary N) is 1. The average Bonchev–Trinajstić information content (AvgIpc) is 2.95. The SMILES string of the molecule is C[C@H]1C2CC3CC2CC1(CNCc1ccc(/C=C/C(N)=O)cc1)C3. The summed E-state index contributed by atoms with van der Waals surface area (Å²) >= 11 is 0. The first-order valence-electron chi connectivity index (χ1n) is 9.33. The fourth-order valence-corrected chi connectivity index (χ4v) is 5.98. The first-order valence-corrected chi connectivity index (χ1v) is 9.33. The Kier molecular flexibility index (Phi) is 4.00. The van der Waals surface area contributed by atoms with Gasteiger partial charge in [-0.3, -0.25) is 4.79 Å². The van der Waals surface area contributed by atoms with Gasteiger partial charge in [0, 0.05) is 19.2 Å². The van der Waals surface area contributed by atoms with E-state index in [-0.39, 0.29) is 0 Å². The van der Waals surface area contributed by atoms with Crippen molar-refractivity contribution in [3.05, 3.63) is 41.5 Å². The number of rotatable bonds is 6. The van der Waals surface area contributed by atoms with Crippen LogP contribution in [0.25, 0.3) is 6.08 Å². The van der Waals surface area contributed by atoms with Gasteiger partial charge in [0.05, 0.1) is 0 Å². The van der Waals surface area contributed by atoms with Crippen molar-refractivity contribution in [1.29, 1.82) is 0 Å². The highest BCUT2D eigenvalue weighted by atomic mass is 16.1. The molecule has 1 amide bonds. The molecule has 0 spiro atoms. The van der Waals surface area contributed by atoms with Crippen LogP contribution in [0, 0.1) is 29.1 Å². The summed E-state index contributed by atoms with van der Waals surface area (Å²) in [5, 5.41) is 3.74. The molecule has 3 N–H and O–H groups in total. The monoisotopic (exact) mass is 324 g/mol. The Morgan fingerprint density at radius 3 is 2.79 bits per heavy atom. The van der Waals surface area contributed by atoms with Gasteiger partial charge in [-0.2, -0.15) is 0 Å². The van der Waals surface area contributed by atoms with E-state index in [1.165, 1.54) is 43.9 Å². The molecule has 4 saturated carbocycles. The third-order valence-electron chi connectivity index (χ3n) is 7.05. The van der Waals surface area contributed by atoms with Crippen LogP contribution in [0.1, 0.15) is 43.7 Å². The van der Waals surface area contributed by atoms with Crippen molar-refractivity contribution in [2.75, 3.05) is 6.54 Å². The van der Waals surface area contributed by atoms with E-state index in [0.717, 1.165) is 35.8 Å². The number of primary amides is 1. The number of carbonyl (C=O) groups is 1. The van der Waals surface area contributed by atoms with Gasteiger partial charge in [0.1, 0.15) is 0 Å². The van der Waals surface area contributed by atoms with E-state index in [0.29, 0.717) is 5.41 Å². The molecule has 0 aliphatic heterocycles. The van der Waals surface area contributed by atoms with Crippen LogP contribution >= 0.6 is 0 Å². The molecule has 3 nitrogen and oxygen atoms in total. The molecule has 0 heterocycles. The number of nitrogens with two attached hydrogens (primary N) is 1. The fourth-order valence-electron chi connectivity index (χ4n) is 5.98. The smallest absolute Gasteiger partial charge is 0.241 e. The second kappa shape index (κ2) is 6.03. The summed E-state index contributed by atoms with van der Waals surface area (Å²) < 4.78 is 0. The lowest BCUT2D eigenvalue weighted by Gasteiger charge is -2.43. The minimum absolute atomic E-state index is 0.408. The Morgan fingerprint density at radius 1 is 1.29 bits per heavy atom. The average molecular weight is 324 g/mol. The molecule has 4 aliphatic carbocycles. The summed E-state index contributed by atoms with van der Waals surface area (Å²) in [5.74, 6) is 3.55. The van der Waals surface area contributed by atoms with Gasteiger partial charge >= 0.3 is 0 Å². The third-order valence-corrected chi connectivity index (χ3v) is 7.05. The maximum Gasteiger partial charge on any atom is 0.241 e. The quantitative estimate of drug-likeness (QED) is 0.789. The molecule has 1 aromatic rings. The summed E-state index contributed by atoms with van der Waals surface area (Å²) in [7, 11) is 0. The maximum absolute atomic E-state index is 10.8. The number of carbonyl (C=O) groups excluding carboxylic acids is 1. The van der Waals surface area contributed by atoms with Crippen molar-refractivity contribution in [1.82, 2.24) is 5.32 Å². The minimum Gasteiger partial charge on any atom is -0.366 e. The first kappa shape index (κ1) is 15.9. The van der Waals surface area contributed by atoms with Crippen LogP contribution in [0.2, 0.25) is 0 Å². The molecule has 1 aromatic carbocycles. The summed E-state index contributed by atoms with van der Waals surface area (Å²) in [6.45, 7) is 4.60. The Balaban J connectivity index is 1.32. The van der Waals surface area contributed by atoms with E-state index in [4.69, 9.17) is 5.73 Å². The number of benzene rings is 1. The van der Waals surface area contributed by atoms with Crippen LogP contribution in [0.5, 0.6) is 0 Å². The molecule has 4 fully saturated rings. The maximum atomic E-state index is 10.8. The standard InChI is InChI=1S/C21H28N2O/c1-14-19-9-17-8-18(19)11-21(14,10-17)13-23-12-16-4-2-15(3-5-16)6-7-20(22)24/h2-7,14,17-19,23H,8-13H2,1H3,(H2,22,24)/b7-6+/t14-,17?,18?,19?,21?/m0/s1. The van der Waals surface area contributed by atoms with E-state index >= 15 is 0 Å². The zero-order valence-corrected chi connectivity index (χ0v) is 14.5. The molecule has 4 aliphatic rings. The summed E-state index contributed by atoms with van der Waals surface area (Å²) in [4.78, 5) is 10.8. The molecular formula is C21H28N2O. The zero-order valence-electron chi connectivity index (χ0n) is 14.5. The molecule has 128 valence electrons. The van der Waals surface area contributed by atoms with Crippen LogP contribution in [-0.4, -0.2) is 12.5 Å². The number of hydrogen-bond donors (Lipinski definition) is 2. The molecule has 0 aromatic heterocycles. The molecule has 4 bridgehead atoms. The highest BCUT2D eigenvalue weighted by Crippen LogP contribution is 2.66. The van der Waals surface area contributed by atoms with Gasteiger partial charge in [-0.15, -0.1) is 0 Å². The lowest BCUT2D eigenvalue weighted by Crippen LogP contribution is -2.42. The van der Waals surface area contributed by atoms with Gasteiger partial charge in [-0.25, -0.2) is 0 Å². The van der Waals surface area contributed by atoms with Crippen molar-refractivity contribution in [2.24, 2.45) is 34.8 Å². The highest BCUT2D eigenvalue weighted by molar-refractivity contribution is 5.90. The second-order valence-electron chi connectivity index (χ2n) is 8.40. The predicted molar refractivity (Wildman–Crippen MR) is 96.9 cm³/mol. The van der Waals surface area contributed by atoms with E-state index in [9.17, 15) is 4.79 Å². The molecule has 24 heavy (non-hydrogen) atoms. The number of hydrogen-bond acceptors (Lipinski definition) is 2. The molecule has 0 radical (unpaired) electrons. The van der Waals surface area contributed by atoms with E-state index in [1.807, 2.05) is 12.1 Å². The lowest BCUT2D eigenvalue weighted by atomic mass is 9.64. The van der Waals surface area contributed by atoms with Crippen LogP contribution in [0.4, 0.5) is 0 Å². The van der Waals surface area contributed by atoms with Gasteiger partial charge < -0.3 is 11.1 Å². The van der Waals surface area contributed by atoms with Gasteiger partial charge in [-0.05, 0) is 72.0 Å². The molecule has 0 saturated heterocycles. The largest absolute Gasteiger partial charge is 0.366 e. The van der Waals surface area contributed by atoms with Gasteiger partial charge in [0.2, 0.25) is 5.91 Å². The van der Waals surface area contributed by atoms with Crippen LogP contribution in [0.3, 0.4) is 0 Å². The molecule has 3 heteroatoms. The number of amides is 1. The third kappa shape index (κ3) is 2.79. The van der Waals surface area contributed by atoms with Gasteiger partial charge in [0.15, 0.2) is 0 Å². The van der Waals surface area contributed by atoms with Crippen LogP contribution in [0.15, 0.2) is 30.3 Å². The van der Waals surface area contributed by atoms with Crippen LogP contribution in [-0.2, 0) is 11.3 Å². The Morgan fingerprint density at radius 2 is 2.08 bits per heavy atom. The second-order valence-corrected chi connectivity index (χ2v) is 8.40. The minimum atomic E-state index is -0.408. The predicted octanol–water partition coefficient (Wildman–Crippen LogP) is 3.35. The summed E-state index contributed by atoms with van der Waals surface area (Å²) in [5.41, 5.74) is 8.00. The van der Waals surface area contributed by atoms with Crippen molar-refractivity contribution in [3.8, 4) is 0 Å². The van der Waals surface area contributed by atoms with E-state index in [1.54, 1.807) is 6.08 Å². The first-order chi connectivity index (χ1) is 11.6. The molecule has 4 unspecified atom stereocenters. The summed E-state index contributed by atoms with van der Waals surface area (Å²) in [6.07, 6.45) is 9.08. The highest BCUT2D eigenvalue weighted by Gasteiger charge is 2.59. The summed E-state index contributed by atoms with van der Waals surface area (Å²) in [6, 6.07) is 8.34. The van der Waals surface area contributed by atoms with E-state index in [2.05, 4.69) is 24.4 Å². The van der Waals surface area contributed by atoms with Crippen molar-refractivity contribution in [2.45, 2.75) is 39.2 Å². The van der Waals surface area contributed by atoms with Crippen molar-refractivity contribution < 1.29 is 4.79 Å². The molecule has 5 rings (SSSR count). The van der Waals surface area contributed by atoms with Gasteiger partial charge in [-0.1, -0.05) is 31.2 Å². The van der Waals surface area contributed by atoms with E-state index < -0.39 is 5.91 Å². The van der Waals surface area contributed by atoms with Gasteiger partial charge in [0.25, 0.3) is 0 Å². The van der Waals surface area contributed by atoms with Crippen LogP contribution < -0.4 is 11.1 Å². The Bertz CT molecular complexity index is 646. The normalized spacial score (nSPS) is 36.7. The van der Waals surface area contributed by atoms with Crippen molar-refractivity contribution >= 4 is 12.0 Å². The Hall–Kier alpha value is -1.61. The topological polar surface area (TPSA) is 55.1 Å². The molecular weight excluding hydrogens is 296 g/mol. The van der Waals surface area contributed by atoms with Crippen molar-refractivity contribution in [3.63, 3.8) is 0 Å². The zero-order chi connectivity index (χ0) is 16.7.